The summed E-state index contributed by atoms with van der Waals surface area (Å²) in [7, 11) is 3.12. The molecule has 0 bridgehead atoms. The molecule has 0 radical (unpaired) electrons. The molecule has 1 aliphatic carbocycles. The highest BCUT2D eigenvalue weighted by Crippen LogP contribution is 2.39. The molecule has 1 aliphatic rings. The van der Waals surface area contributed by atoms with Crippen LogP contribution in [0.5, 0.6) is 11.5 Å². The van der Waals surface area contributed by atoms with E-state index >= 15 is 0 Å². The Balaban J connectivity index is 1.73. The third-order valence-electron chi connectivity index (χ3n) is 6.55. The minimum absolute atomic E-state index is 0.0967. The van der Waals surface area contributed by atoms with Crippen molar-refractivity contribution < 1.29 is 27.4 Å². The van der Waals surface area contributed by atoms with E-state index in [1.807, 2.05) is 13.0 Å². The number of halogens is 3. The molecule has 0 spiro atoms. The van der Waals surface area contributed by atoms with Gasteiger partial charge in [0.25, 0.3) is 0 Å². The lowest BCUT2D eigenvalue weighted by atomic mass is 9.92. The van der Waals surface area contributed by atoms with Crippen LogP contribution in [0.1, 0.15) is 50.6 Å². The molecule has 1 saturated carbocycles. The van der Waals surface area contributed by atoms with Crippen molar-refractivity contribution in [1.29, 1.82) is 0 Å². The van der Waals surface area contributed by atoms with Gasteiger partial charge in [-0.1, -0.05) is 50.1 Å². The van der Waals surface area contributed by atoms with E-state index in [4.69, 9.17) is 9.47 Å². The van der Waals surface area contributed by atoms with Gasteiger partial charge in [0.2, 0.25) is 5.91 Å². The summed E-state index contributed by atoms with van der Waals surface area (Å²) < 4.78 is 52.7. The van der Waals surface area contributed by atoms with Crippen LogP contribution in [0.25, 0.3) is 0 Å². The van der Waals surface area contributed by atoms with Crippen LogP contribution in [0.3, 0.4) is 0 Å². The molecule has 2 atom stereocenters. The van der Waals surface area contributed by atoms with Crippen LogP contribution in [0.2, 0.25) is 0 Å². The zero-order chi connectivity index (χ0) is 25.5. The number of ether oxygens (including phenoxy) is 2. The van der Waals surface area contributed by atoms with Crippen molar-refractivity contribution in [3.63, 3.8) is 0 Å². The van der Waals surface area contributed by atoms with Crippen molar-refractivity contribution >= 4 is 11.6 Å². The SMILES string of the molecule is CC[C@@H](CNc1ccc(OC)cc1OC)NC(=O)C1(N[C@@H](c2ccccc2)C(F)(F)F)CCCC1. The Morgan fingerprint density at radius 2 is 1.74 bits per heavy atom. The normalized spacial score (nSPS) is 16.9. The van der Waals surface area contributed by atoms with E-state index in [-0.39, 0.29) is 11.6 Å². The number of hydrogen-bond donors (Lipinski definition) is 3. The zero-order valence-electron chi connectivity index (χ0n) is 20.4. The van der Waals surface area contributed by atoms with Crippen molar-refractivity contribution in [2.75, 3.05) is 26.1 Å². The highest BCUT2D eigenvalue weighted by Gasteiger charge is 2.50. The van der Waals surface area contributed by atoms with E-state index in [0.717, 1.165) is 5.69 Å². The second kappa shape index (κ2) is 11.7. The maximum Gasteiger partial charge on any atom is 0.407 e. The molecule has 0 saturated heterocycles. The van der Waals surface area contributed by atoms with Gasteiger partial charge in [-0.25, -0.2) is 0 Å². The molecule has 0 aromatic heterocycles. The van der Waals surface area contributed by atoms with Crippen LogP contribution in [0, 0.1) is 0 Å². The average Bonchev–Trinajstić information content (AvgIpc) is 3.34. The molecule has 6 nitrogen and oxygen atoms in total. The third kappa shape index (κ3) is 6.60. The van der Waals surface area contributed by atoms with E-state index < -0.39 is 23.7 Å². The maximum absolute atomic E-state index is 14.0. The predicted octanol–water partition coefficient (Wildman–Crippen LogP) is 5.22. The van der Waals surface area contributed by atoms with Crippen LogP contribution < -0.4 is 25.4 Å². The number of benzene rings is 2. The summed E-state index contributed by atoms with van der Waals surface area (Å²) in [6.07, 6.45) is -1.83. The molecule has 192 valence electrons. The van der Waals surface area contributed by atoms with Crippen LogP contribution in [0.15, 0.2) is 48.5 Å². The smallest absolute Gasteiger partial charge is 0.407 e. The molecular weight excluding hydrogens is 459 g/mol. The van der Waals surface area contributed by atoms with Crippen molar-refractivity contribution in [2.45, 2.75) is 62.8 Å². The van der Waals surface area contributed by atoms with Crippen LogP contribution in [-0.4, -0.2) is 44.4 Å². The first-order chi connectivity index (χ1) is 16.7. The van der Waals surface area contributed by atoms with E-state index in [0.29, 0.717) is 50.1 Å². The molecule has 2 aromatic rings. The Morgan fingerprint density at radius 3 is 2.31 bits per heavy atom. The number of methoxy groups -OCH3 is 2. The molecular formula is C26H34F3N3O3. The van der Waals surface area contributed by atoms with Crippen LogP contribution in [-0.2, 0) is 4.79 Å². The molecule has 3 N–H and O–H groups in total. The van der Waals surface area contributed by atoms with Gasteiger partial charge in [-0.3, -0.25) is 10.1 Å². The lowest BCUT2D eigenvalue weighted by Crippen LogP contribution is -2.60. The molecule has 3 rings (SSSR count). The summed E-state index contributed by atoms with van der Waals surface area (Å²) in [4.78, 5) is 13.4. The second-order valence-corrected chi connectivity index (χ2v) is 8.84. The van der Waals surface area contributed by atoms with Gasteiger partial charge in [-0.05, 0) is 37.0 Å². The number of hydrogen-bond acceptors (Lipinski definition) is 5. The highest BCUT2D eigenvalue weighted by atomic mass is 19.4. The largest absolute Gasteiger partial charge is 0.497 e. The van der Waals surface area contributed by atoms with E-state index in [1.165, 1.54) is 12.1 Å². The van der Waals surface area contributed by atoms with Gasteiger partial charge in [0.1, 0.15) is 17.5 Å². The number of carbonyl (C=O) groups is 1. The van der Waals surface area contributed by atoms with Crippen molar-refractivity contribution in [3.8, 4) is 11.5 Å². The fourth-order valence-corrected chi connectivity index (χ4v) is 4.49. The second-order valence-electron chi connectivity index (χ2n) is 8.84. The van der Waals surface area contributed by atoms with Gasteiger partial charge >= 0.3 is 6.18 Å². The summed E-state index contributed by atoms with van der Waals surface area (Å²) in [5, 5.41) is 8.99. The Bertz CT molecular complexity index is 963. The van der Waals surface area contributed by atoms with Gasteiger partial charge < -0.3 is 20.1 Å². The zero-order valence-corrected chi connectivity index (χ0v) is 20.4. The first kappa shape index (κ1) is 26.7. The van der Waals surface area contributed by atoms with Gasteiger partial charge in [0, 0.05) is 18.7 Å². The summed E-state index contributed by atoms with van der Waals surface area (Å²) in [6, 6.07) is 10.9. The van der Waals surface area contributed by atoms with Gasteiger partial charge in [-0.2, -0.15) is 13.2 Å². The lowest BCUT2D eigenvalue weighted by Gasteiger charge is -2.36. The Hall–Kier alpha value is -2.94. The number of carbonyl (C=O) groups excluding carboxylic acids is 1. The minimum Gasteiger partial charge on any atom is -0.497 e. The Morgan fingerprint density at radius 1 is 1.06 bits per heavy atom. The minimum atomic E-state index is -4.53. The molecule has 35 heavy (non-hydrogen) atoms. The summed E-state index contributed by atoms with van der Waals surface area (Å²) in [5.74, 6) is 0.852. The average molecular weight is 494 g/mol. The fraction of sp³-hybridized carbons (Fsp3) is 0.500. The first-order valence-corrected chi connectivity index (χ1v) is 11.9. The number of rotatable bonds is 11. The van der Waals surface area contributed by atoms with Gasteiger partial charge in [0.15, 0.2) is 0 Å². The van der Waals surface area contributed by atoms with E-state index in [2.05, 4.69) is 16.0 Å². The van der Waals surface area contributed by atoms with Crippen molar-refractivity contribution in [1.82, 2.24) is 10.6 Å². The highest BCUT2D eigenvalue weighted by molar-refractivity contribution is 5.87. The van der Waals surface area contributed by atoms with Crippen molar-refractivity contribution in [2.24, 2.45) is 0 Å². The number of nitrogens with one attached hydrogen (secondary N) is 3. The summed E-state index contributed by atoms with van der Waals surface area (Å²) in [6.45, 7) is 2.32. The molecule has 1 amide bonds. The Kier molecular flexibility index (Phi) is 8.88. The lowest BCUT2D eigenvalue weighted by molar-refractivity contribution is -0.165. The first-order valence-electron chi connectivity index (χ1n) is 11.9. The quantitative estimate of drug-likeness (QED) is 0.401. The summed E-state index contributed by atoms with van der Waals surface area (Å²) in [5.41, 5.74) is -0.448. The number of anilines is 1. The topological polar surface area (TPSA) is 71.6 Å². The molecule has 0 aliphatic heterocycles. The maximum atomic E-state index is 14.0. The summed E-state index contributed by atoms with van der Waals surface area (Å²) >= 11 is 0. The standard InChI is InChI=1S/C26H34F3N3O3/c1-4-19(17-30-21-13-12-20(34-2)16-22(21)35-3)31-24(33)25(14-8-9-15-25)32-23(26(27,28)29)18-10-6-5-7-11-18/h5-7,10-13,16,19,23,30,32H,4,8-9,14-15,17H2,1-3H3,(H,31,33)/t19-,23-/m0/s1. The molecule has 1 fully saturated rings. The van der Waals surface area contributed by atoms with E-state index in [1.54, 1.807) is 44.6 Å². The number of amides is 1. The molecule has 2 aromatic carbocycles. The van der Waals surface area contributed by atoms with Crippen molar-refractivity contribution in [3.05, 3.63) is 54.1 Å². The molecule has 0 heterocycles. The monoisotopic (exact) mass is 493 g/mol. The third-order valence-corrected chi connectivity index (χ3v) is 6.55. The predicted molar refractivity (Wildman–Crippen MR) is 130 cm³/mol. The van der Waals surface area contributed by atoms with Gasteiger partial charge in [-0.15, -0.1) is 0 Å². The fourth-order valence-electron chi connectivity index (χ4n) is 4.49. The number of alkyl halides is 3. The van der Waals surface area contributed by atoms with Gasteiger partial charge in [0.05, 0.1) is 25.4 Å². The van der Waals surface area contributed by atoms with E-state index in [9.17, 15) is 18.0 Å². The molecule has 9 heteroatoms. The Labute approximate surface area is 204 Å². The molecule has 0 unspecified atom stereocenters. The van der Waals surface area contributed by atoms with Crippen LogP contribution >= 0.6 is 0 Å². The van der Waals surface area contributed by atoms with Crippen LogP contribution in [0.4, 0.5) is 18.9 Å².